The van der Waals surface area contributed by atoms with Gasteiger partial charge in [0.2, 0.25) is 0 Å². The topological polar surface area (TPSA) is 38.0 Å². The Morgan fingerprint density at radius 1 is 1.47 bits per heavy atom. The molecule has 17 heavy (non-hydrogen) atoms. The van der Waals surface area contributed by atoms with E-state index in [1.54, 1.807) is 0 Å². The van der Waals surface area contributed by atoms with E-state index < -0.39 is 0 Å². The Morgan fingerprint density at radius 2 is 2.24 bits per heavy atom. The first-order chi connectivity index (χ1) is 8.20. The fraction of sp³-hybridized carbons (Fsp3) is 0.714. The second-order valence-electron chi connectivity index (χ2n) is 5.20. The number of hydrogen-bond donors (Lipinski definition) is 2. The van der Waals surface area contributed by atoms with Crippen molar-refractivity contribution in [2.75, 3.05) is 13.1 Å². The quantitative estimate of drug-likeness (QED) is 0.732. The van der Waals surface area contributed by atoms with Crippen LogP contribution in [0.1, 0.15) is 47.0 Å². The van der Waals surface area contributed by atoms with Crippen LogP contribution in [0, 0.1) is 19.8 Å². The Morgan fingerprint density at radius 3 is 2.76 bits per heavy atom. The second kappa shape index (κ2) is 5.98. The lowest BCUT2D eigenvalue weighted by Crippen LogP contribution is -2.29. The molecule has 0 spiro atoms. The van der Waals surface area contributed by atoms with Crippen molar-refractivity contribution in [3.05, 3.63) is 21.4 Å². The predicted octanol–water partition coefficient (Wildman–Crippen LogP) is 3.14. The first-order valence-corrected chi connectivity index (χ1v) is 7.52. The fourth-order valence-electron chi connectivity index (χ4n) is 2.39. The minimum absolute atomic E-state index is 0.346. The van der Waals surface area contributed by atoms with E-state index in [1.165, 1.54) is 41.0 Å². The molecule has 1 aliphatic carbocycles. The van der Waals surface area contributed by atoms with Crippen molar-refractivity contribution in [1.29, 1.82) is 0 Å². The van der Waals surface area contributed by atoms with Gasteiger partial charge in [-0.25, -0.2) is 0 Å². The predicted molar refractivity (Wildman–Crippen MR) is 75.5 cm³/mol. The molecule has 1 saturated carbocycles. The summed E-state index contributed by atoms with van der Waals surface area (Å²) in [5.74, 6) is 1.04. The summed E-state index contributed by atoms with van der Waals surface area (Å²) >= 11 is 1.87. The van der Waals surface area contributed by atoms with Crippen molar-refractivity contribution in [3.63, 3.8) is 0 Å². The molecule has 0 radical (unpaired) electrons. The van der Waals surface area contributed by atoms with Crippen LogP contribution in [0.3, 0.4) is 0 Å². The van der Waals surface area contributed by atoms with Crippen LogP contribution in [-0.4, -0.2) is 13.1 Å². The Balaban J connectivity index is 1.80. The molecular weight excluding hydrogens is 228 g/mol. The highest BCUT2D eigenvalue weighted by atomic mass is 32.1. The molecule has 0 aliphatic heterocycles. The van der Waals surface area contributed by atoms with Gasteiger partial charge in [-0.3, -0.25) is 0 Å². The molecular formula is C14H24N2S. The van der Waals surface area contributed by atoms with Crippen LogP contribution in [-0.2, 0) is 0 Å². The van der Waals surface area contributed by atoms with Gasteiger partial charge >= 0.3 is 0 Å². The van der Waals surface area contributed by atoms with Crippen LogP contribution >= 0.6 is 11.3 Å². The zero-order valence-electron chi connectivity index (χ0n) is 11.0. The lowest BCUT2D eigenvalue weighted by atomic mass is 10.1. The number of thiophene rings is 1. The third-order valence-electron chi connectivity index (χ3n) is 3.57. The van der Waals surface area contributed by atoms with E-state index >= 15 is 0 Å². The monoisotopic (exact) mass is 252 g/mol. The number of nitrogens with two attached hydrogens (primary N) is 1. The summed E-state index contributed by atoms with van der Waals surface area (Å²) in [7, 11) is 0. The normalized spacial score (nSPS) is 17.4. The molecule has 96 valence electrons. The summed E-state index contributed by atoms with van der Waals surface area (Å²) in [6.45, 7) is 6.16. The molecule has 1 aliphatic rings. The van der Waals surface area contributed by atoms with E-state index in [1.807, 2.05) is 11.3 Å². The molecule has 0 aromatic carbocycles. The zero-order valence-corrected chi connectivity index (χ0v) is 11.8. The molecule has 3 N–H and O–H groups in total. The minimum atomic E-state index is 0.346. The Hall–Kier alpha value is -0.380. The van der Waals surface area contributed by atoms with E-state index in [2.05, 4.69) is 25.2 Å². The first kappa shape index (κ1) is 13.1. The van der Waals surface area contributed by atoms with Crippen LogP contribution in [0.2, 0.25) is 0 Å². The van der Waals surface area contributed by atoms with Crippen LogP contribution in [0.15, 0.2) is 6.07 Å². The van der Waals surface area contributed by atoms with Crippen LogP contribution in [0.5, 0.6) is 0 Å². The minimum Gasteiger partial charge on any atom is -0.329 e. The Bertz CT molecular complexity index is 355. The molecule has 0 amide bonds. The van der Waals surface area contributed by atoms with Gasteiger partial charge in [-0.15, -0.1) is 11.3 Å². The summed E-state index contributed by atoms with van der Waals surface area (Å²) in [4.78, 5) is 2.79. The molecule has 0 saturated heterocycles. The lowest BCUT2D eigenvalue weighted by Gasteiger charge is -2.16. The lowest BCUT2D eigenvalue weighted by molar-refractivity contribution is 0.511. The summed E-state index contributed by atoms with van der Waals surface area (Å²) in [5.41, 5.74) is 7.28. The first-order valence-electron chi connectivity index (χ1n) is 6.71. The van der Waals surface area contributed by atoms with Gasteiger partial charge in [0.15, 0.2) is 0 Å². The molecule has 1 heterocycles. The maximum atomic E-state index is 5.88. The number of rotatable bonds is 7. The summed E-state index contributed by atoms with van der Waals surface area (Å²) in [6.07, 6.45) is 5.61. The average Bonchev–Trinajstić information content (AvgIpc) is 3.05. The molecule has 1 unspecified atom stereocenters. The van der Waals surface area contributed by atoms with Gasteiger partial charge in [-0.2, -0.15) is 0 Å². The van der Waals surface area contributed by atoms with Gasteiger partial charge in [0.1, 0.15) is 0 Å². The van der Waals surface area contributed by atoms with Gasteiger partial charge in [-0.1, -0.05) is 12.8 Å². The molecule has 2 rings (SSSR count). The molecule has 1 fully saturated rings. The van der Waals surface area contributed by atoms with Crippen LogP contribution in [0.4, 0.5) is 0 Å². The number of hydrogen-bond acceptors (Lipinski definition) is 3. The average molecular weight is 252 g/mol. The van der Waals surface area contributed by atoms with Crippen molar-refractivity contribution < 1.29 is 0 Å². The smallest absolute Gasteiger partial charge is 0.0455 e. The second-order valence-corrected chi connectivity index (χ2v) is 6.66. The Kier molecular flexibility index (Phi) is 4.60. The maximum Gasteiger partial charge on any atom is 0.0455 e. The Labute approximate surface area is 109 Å². The molecule has 2 nitrogen and oxygen atoms in total. The van der Waals surface area contributed by atoms with E-state index in [4.69, 9.17) is 5.73 Å². The van der Waals surface area contributed by atoms with Gasteiger partial charge in [0.25, 0.3) is 0 Å². The van der Waals surface area contributed by atoms with Gasteiger partial charge in [0.05, 0.1) is 0 Å². The maximum absolute atomic E-state index is 5.88. The summed E-state index contributed by atoms with van der Waals surface area (Å²) in [5, 5.41) is 3.60. The molecule has 1 aromatic rings. The third-order valence-corrected chi connectivity index (χ3v) is 4.55. The highest BCUT2D eigenvalue weighted by molar-refractivity contribution is 7.12. The van der Waals surface area contributed by atoms with Gasteiger partial charge in [0, 0.05) is 22.3 Å². The van der Waals surface area contributed by atoms with E-state index in [-0.39, 0.29) is 0 Å². The number of aryl methyl sites for hydroxylation is 2. The highest BCUT2D eigenvalue weighted by Gasteiger charge is 2.20. The SMILES string of the molecule is Cc1cc(C(CN)NCCCC2CC2)c(C)s1. The van der Waals surface area contributed by atoms with Crippen molar-refractivity contribution in [1.82, 2.24) is 5.32 Å². The van der Waals surface area contributed by atoms with Crippen LogP contribution < -0.4 is 11.1 Å². The largest absolute Gasteiger partial charge is 0.329 e. The molecule has 3 heteroatoms. The fourth-order valence-corrected chi connectivity index (χ4v) is 3.38. The van der Waals surface area contributed by atoms with Crippen molar-refractivity contribution >= 4 is 11.3 Å². The van der Waals surface area contributed by atoms with E-state index in [9.17, 15) is 0 Å². The summed E-state index contributed by atoms with van der Waals surface area (Å²) in [6, 6.07) is 2.63. The molecule has 1 aromatic heterocycles. The highest BCUT2D eigenvalue weighted by Crippen LogP contribution is 2.33. The third kappa shape index (κ3) is 3.80. The van der Waals surface area contributed by atoms with Crippen molar-refractivity contribution in [2.45, 2.75) is 45.6 Å². The van der Waals surface area contributed by atoms with Crippen LogP contribution in [0.25, 0.3) is 0 Å². The van der Waals surface area contributed by atoms with E-state index in [0.717, 1.165) is 12.5 Å². The van der Waals surface area contributed by atoms with Crippen molar-refractivity contribution in [3.8, 4) is 0 Å². The number of nitrogens with one attached hydrogen (secondary N) is 1. The zero-order chi connectivity index (χ0) is 12.3. The molecule has 0 bridgehead atoms. The standard InChI is InChI=1S/C14H24N2S/c1-10-8-13(11(2)17-10)14(9-15)16-7-3-4-12-5-6-12/h8,12,14,16H,3-7,9,15H2,1-2H3. The van der Waals surface area contributed by atoms with E-state index in [0.29, 0.717) is 12.6 Å². The van der Waals surface area contributed by atoms with Gasteiger partial charge in [-0.05, 0) is 50.8 Å². The van der Waals surface area contributed by atoms with Gasteiger partial charge < -0.3 is 11.1 Å². The summed E-state index contributed by atoms with van der Waals surface area (Å²) < 4.78 is 0. The van der Waals surface area contributed by atoms with Crippen molar-refractivity contribution in [2.24, 2.45) is 11.7 Å². The molecule has 1 atom stereocenters.